The quantitative estimate of drug-likeness (QED) is 0.339. The molecule has 1 heterocycles. The Hall–Kier alpha value is -0.810. The van der Waals surface area contributed by atoms with Gasteiger partial charge in [0.15, 0.2) is 0 Å². The summed E-state index contributed by atoms with van der Waals surface area (Å²) in [6.07, 6.45) is 5.60. The molecular weight excluding hydrogens is 228 g/mol. The van der Waals surface area contributed by atoms with Gasteiger partial charge in [0.1, 0.15) is 5.84 Å². The third kappa shape index (κ3) is 3.36. The van der Waals surface area contributed by atoms with Gasteiger partial charge in [-0.3, -0.25) is 4.90 Å². The molecule has 1 aliphatic carbocycles. The average molecular weight is 254 g/mol. The third-order valence-electron chi connectivity index (χ3n) is 4.40. The van der Waals surface area contributed by atoms with E-state index in [0.717, 1.165) is 25.7 Å². The van der Waals surface area contributed by atoms with Gasteiger partial charge in [-0.1, -0.05) is 24.9 Å². The van der Waals surface area contributed by atoms with Crippen LogP contribution in [0.25, 0.3) is 0 Å². The Morgan fingerprint density at radius 1 is 1.28 bits per heavy atom. The number of nitrogens with zero attached hydrogens (tertiary/aromatic N) is 3. The van der Waals surface area contributed by atoms with Crippen LogP contribution in [0.15, 0.2) is 5.16 Å². The fourth-order valence-corrected chi connectivity index (χ4v) is 3.16. The zero-order chi connectivity index (χ0) is 13.0. The largest absolute Gasteiger partial charge is 0.409 e. The van der Waals surface area contributed by atoms with E-state index in [1.807, 2.05) is 6.92 Å². The highest BCUT2D eigenvalue weighted by molar-refractivity contribution is 5.82. The molecule has 3 N–H and O–H groups in total. The molecule has 0 aromatic heterocycles. The monoisotopic (exact) mass is 254 g/mol. The maximum atomic E-state index is 8.66. The Kier molecular flexibility index (Phi) is 4.83. The molecule has 1 aliphatic heterocycles. The highest BCUT2D eigenvalue weighted by atomic mass is 16.4. The first-order chi connectivity index (χ1) is 8.70. The molecule has 2 aliphatic rings. The van der Waals surface area contributed by atoms with E-state index in [9.17, 15) is 0 Å². The van der Waals surface area contributed by atoms with Crippen LogP contribution in [-0.4, -0.2) is 59.6 Å². The van der Waals surface area contributed by atoms with Gasteiger partial charge in [-0.25, -0.2) is 0 Å². The first kappa shape index (κ1) is 13.6. The van der Waals surface area contributed by atoms with Gasteiger partial charge in [0.05, 0.1) is 0 Å². The summed E-state index contributed by atoms with van der Waals surface area (Å²) < 4.78 is 0. The minimum Gasteiger partial charge on any atom is -0.409 e. The lowest BCUT2D eigenvalue weighted by Gasteiger charge is -2.38. The van der Waals surface area contributed by atoms with Crippen molar-refractivity contribution in [2.75, 3.05) is 32.7 Å². The Morgan fingerprint density at radius 3 is 2.44 bits per heavy atom. The van der Waals surface area contributed by atoms with E-state index in [1.165, 1.54) is 38.8 Å². The summed E-state index contributed by atoms with van der Waals surface area (Å²) in [5.41, 5.74) is 5.62. The second-order valence-corrected chi connectivity index (χ2v) is 5.70. The van der Waals surface area contributed by atoms with Gasteiger partial charge in [0, 0.05) is 44.7 Å². The van der Waals surface area contributed by atoms with E-state index in [1.54, 1.807) is 0 Å². The van der Waals surface area contributed by atoms with Crippen LogP contribution in [0.4, 0.5) is 0 Å². The van der Waals surface area contributed by atoms with Gasteiger partial charge in [-0.05, 0) is 12.8 Å². The molecule has 0 bridgehead atoms. The number of rotatable bonds is 4. The molecule has 5 heteroatoms. The van der Waals surface area contributed by atoms with Gasteiger partial charge in [-0.2, -0.15) is 0 Å². The smallest absolute Gasteiger partial charge is 0.143 e. The molecule has 0 amide bonds. The Morgan fingerprint density at radius 2 is 1.89 bits per heavy atom. The molecule has 1 unspecified atom stereocenters. The second kappa shape index (κ2) is 6.38. The van der Waals surface area contributed by atoms with Crippen LogP contribution >= 0.6 is 0 Å². The number of nitrogens with two attached hydrogens (primary N) is 1. The van der Waals surface area contributed by atoms with E-state index in [-0.39, 0.29) is 5.92 Å². The summed E-state index contributed by atoms with van der Waals surface area (Å²) in [6.45, 7) is 7.48. The minimum absolute atomic E-state index is 0.132. The van der Waals surface area contributed by atoms with E-state index >= 15 is 0 Å². The predicted octanol–water partition coefficient (Wildman–Crippen LogP) is 0.929. The molecule has 1 atom stereocenters. The fraction of sp³-hybridized carbons (Fsp3) is 0.923. The highest BCUT2D eigenvalue weighted by Crippen LogP contribution is 2.24. The summed E-state index contributed by atoms with van der Waals surface area (Å²) in [5.74, 6) is 0.473. The second-order valence-electron chi connectivity index (χ2n) is 5.70. The van der Waals surface area contributed by atoms with Gasteiger partial charge >= 0.3 is 0 Å². The van der Waals surface area contributed by atoms with Crippen molar-refractivity contribution in [3.8, 4) is 0 Å². The van der Waals surface area contributed by atoms with Crippen LogP contribution in [0.5, 0.6) is 0 Å². The van der Waals surface area contributed by atoms with Crippen molar-refractivity contribution < 1.29 is 5.21 Å². The van der Waals surface area contributed by atoms with Crippen molar-refractivity contribution in [2.24, 2.45) is 16.8 Å². The standard InChI is InChI=1S/C13H26N4O/c1-11(13(14)15-18)10-16-6-8-17(9-7-16)12-4-2-3-5-12/h11-12,18H,2-10H2,1H3,(H2,14,15). The lowest BCUT2D eigenvalue weighted by molar-refractivity contribution is 0.0938. The Balaban J connectivity index is 1.73. The van der Waals surface area contributed by atoms with Crippen molar-refractivity contribution >= 4 is 5.84 Å². The van der Waals surface area contributed by atoms with E-state index in [4.69, 9.17) is 10.9 Å². The molecule has 0 spiro atoms. The number of hydrogen-bond acceptors (Lipinski definition) is 4. The lowest BCUT2D eigenvalue weighted by Crippen LogP contribution is -2.51. The van der Waals surface area contributed by atoms with Gasteiger partial charge < -0.3 is 15.8 Å². The summed E-state index contributed by atoms with van der Waals surface area (Å²) in [6, 6.07) is 0.841. The van der Waals surface area contributed by atoms with Crippen LogP contribution in [0.2, 0.25) is 0 Å². The molecule has 1 saturated carbocycles. The molecule has 104 valence electrons. The number of amidine groups is 1. The topological polar surface area (TPSA) is 65.1 Å². The first-order valence-corrected chi connectivity index (χ1v) is 7.14. The zero-order valence-electron chi connectivity index (χ0n) is 11.4. The summed E-state index contributed by atoms with van der Waals surface area (Å²) in [4.78, 5) is 5.08. The maximum absolute atomic E-state index is 8.66. The number of oxime groups is 1. The van der Waals surface area contributed by atoms with Gasteiger partial charge in [0.2, 0.25) is 0 Å². The van der Waals surface area contributed by atoms with Crippen LogP contribution in [0.1, 0.15) is 32.6 Å². The molecule has 0 aromatic carbocycles. The van der Waals surface area contributed by atoms with E-state index in [0.29, 0.717) is 5.84 Å². The van der Waals surface area contributed by atoms with Crippen LogP contribution < -0.4 is 5.73 Å². The SMILES string of the molecule is CC(CN1CCN(C2CCCC2)CC1)C(N)=NO. The summed E-state index contributed by atoms with van der Waals surface area (Å²) in [7, 11) is 0. The van der Waals surface area contributed by atoms with Crippen LogP contribution in [-0.2, 0) is 0 Å². The van der Waals surface area contributed by atoms with Crippen molar-refractivity contribution in [2.45, 2.75) is 38.6 Å². The molecule has 18 heavy (non-hydrogen) atoms. The lowest BCUT2D eigenvalue weighted by atomic mass is 10.1. The van der Waals surface area contributed by atoms with Crippen LogP contribution in [0, 0.1) is 5.92 Å². The van der Waals surface area contributed by atoms with Crippen molar-refractivity contribution in [3.05, 3.63) is 0 Å². The zero-order valence-corrected chi connectivity index (χ0v) is 11.4. The molecule has 0 radical (unpaired) electrons. The normalized spacial score (nSPS) is 26.6. The van der Waals surface area contributed by atoms with Crippen molar-refractivity contribution in [1.29, 1.82) is 0 Å². The van der Waals surface area contributed by atoms with Crippen molar-refractivity contribution in [3.63, 3.8) is 0 Å². The summed E-state index contributed by atoms with van der Waals surface area (Å²) >= 11 is 0. The van der Waals surface area contributed by atoms with Crippen molar-refractivity contribution in [1.82, 2.24) is 9.80 Å². The maximum Gasteiger partial charge on any atom is 0.143 e. The molecule has 2 rings (SSSR count). The third-order valence-corrected chi connectivity index (χ3v) is 4.40. The molecule has 2 fully saturated rings. The number of hydrogen-bond donors (Lipinski definition) is 2. The Labute approximate surface area is 110 Å². The molecular formula is C13H26N4O. The highest BCUT2D eigenvalue weighted by Gasteiger charge is 2.26. The fourth-order valence-electron chi connectivity index (χ4n) is 3.16. The molecule has 0 aromatic rings. The van der Waals surface area contributed by atoms with Crippen LogP contribution in [0.3, 0.4) is 0 Å². The van der Waals surface area contributed by atoms with Gasteiger partial charge in [-0.15, -0.1) is 0 Å². The first-order valence-electron chi connectivity index (χ1n) is 7.14. The minimum atomic E-state index is 0.132. The summed E-state index contributed by atoms with van der Waals surface area (Å²) in [5, 5.41) is 11.7. The molecule has 1 saturated heterocycles. The Bertz CT molecular complexity index is 281. The van der Waals surface area contributed by atoms with E-state index < -0.39 is 0 Å². The van der Waals surface area contributed by atoms with E-state index in [2.05, 4.69) is 15.0 Å². The molecule has 5 nitrogen and oxygen atoms in total. The number of piperazine rings is 1. The van der Waals surface area contributed by atoms with Gasteiger partial charge in [0.25, 0.3) is 0 Å². The average Bonchev–Trinajstić information content (AvgIpc) is 2.92. The predicted molar refractivity (Wildman–Crippen MR) is 72.8 cm³/mol.